The summed E-state index contributed by atoms with van der Waals surface area (Å²) in [5, 5.41) is 5.53. The molecule has 0 radical (unpaired) electrons. The summed E-state index contributed by atoms with van der Waals surface area (Å²) < 4.78 is 5.30. The molecule has 0 aliphatic rings. The van der Waals surface area contributed by atoms with Crippen molar-refractivity contribution in [1.82, 2.24) is 15.5 Å². The Morgan fingerprint density at radius 2 is 1.58 bits per heavy atom. The Kier molecular flexibility index (Phi) is 11.4. The third-order valence-corrected chi connectivity index (χ3v) is 5.95. The fourth-order valence-electron chi connectivity index (χ4n) is 4.08. The van der Waals surface area contributed by atoms with Crippen LogP contribution in [-0.2, 0) is 20.9 Å². The predicted molar refractivity (Wildman–Crippen MR) is 150 cm³/mol. The molecule has 0 spiro atoms. The fourth-order valence-corrected chi connectivity index (χ4v) is 4.08. The second kappa shape index (κ2) is 14.2. The van der Waals surface area contributed by atoms with Crippen molar-refractivity contribution in [2.24, 2.45) is 5.92 Å². The van der Waals surface area contributed by atoms with Gasteiger partial charge in [-0.15, -0.1) is 6.42 Å². The van der Waals surface area contributed by atoms with E-state index in [0.717, 1.165) is 12.0 Å². The second-order valence-corrected chi connectivity index (χ2v) is 10.8. The first-order valence-electron chi connectivity index (χ1n) is 13.1. The predicted octanol–water partition coefficient (Wildman–Crippen LogP) is 5.20. The van der Waals surface area contributed by atoms with Crippen LogP contribution in [0.5, 0.6) is 0 Å². The summed E-state index contributed by atoms with van der Waals surface area (Å²) in [6.07, 6.45) is 6.64. The molecule has 7 heteroatoms. The molecule has 0 saturated carbocycles. The number of hydrogen-bond acceptors (Lipinski definition) is 4. The number of nitrogens with zero attached hydrogens (tertiary/aromatic N) is 1. The number of amides is 3. The van der Waals surface area contributed by atoms with Gasteiger partial charge in [0.25, 0.3) is 0 Å². The lowest BCUT2D eigenvalue weighted by atomic mass is 9.95. The van der Waals surface area contributed by atoms with Crippen LogP contribution < -0.4 is 10.6 Å². The zero-order chi connectivity index (χ0) is 28.3. The van der Waals surface area contributed by atoms with Crippen molar-refractivity contribution in [3.05, 3.63) is 71.3 Å². The van der Waals surface area contributed by atoms with Crippen molar-refractivity contribution in [3.63, 3.8) is 0 Å². The molecule has 2 unspecified atom stereocenters. The van der Waals surface area contributed by atoms with Crippen LogP contribution in [0.25, 0.3) is 0 Å². The summed E-state index contributed by atoms with van der Waals surface area (Å²) in [6, 6.07) is 15.4. The summed E-state index contributed by atoms with van der Waals surface area (Å²) in [5.41, 5.74) is 1.31. The topological polar surface area (TPSA) is 87.7 Å². The first-order chi connectivity index (χ1) is 17.9. The van der Waals surface area contributed by atoms with Gasteiger partial charge in [0.2, 0.25) is 11.8 Å². The van der Waals surface area contributed by atoms with E-state index in [9.17, 15) is 14.4 Å². The van der Waals surface area contributed by atoms with Gasteiger partial charge in [-0.25, -0.2) is 4.79 Å². The molecular formula is C31H41N3O4. The van der Waals surface area contributed by atoms with Gasteiger partial charge in [-0.05, 0) is 63.6 Å². The van der Waals surface area contributed by atoms with Gasteiger partial charge in [0.05, 0.1) is 0 Å². The number of benzene rings is 2. The number of carbonyl (C=O) groups is 3. The lowest BCUT2D eigenvalue weighted by molar-refractivity contribution is -0.143. The Morgan fingerprint density at radius 3 is 2.18 bits per heavy atom. The van der Waals surface area contributed by atoms with E-state index in [2.05, 4.69) is 30.4 Å². The molecule has 2 aromatic carbocycles. The van der Waals surface area contributed by atoms with E-state index in [1.807, 2.05) is 37.3 Å². The molecule has 38 heavy (non-hydrogen) atoms. The van der Waals surface area contributed by atoms with Gasteiger partial charge < -0.3 is 20.3 Å². The number of nitrogens with one attached hydrogen (secondary N) is 2. The van der Waals surface area contributed by atoms with Crippen LogP contribution in [-0.4, -0.2) is 41.0 Å². The molecule has 0 aliphatic heterocycles. The van der Waals surface area contributed by atoms with Gasteiger partial charge in [-0.1, -0.05) is 68.3 Å². The van der Waals surface area contributed by atoms with Crippen molar-refractivity contribution in [2.45, 2.75) is 78.6 Å². The molecule has 2 atom stereocenters. The Morgan fingerprint density at radius 1 is 0.947 bits per heavy atom. The second-order valence-electron chi connectivity index (χ2n) is 10.8. The summed E-state index contributed by atoms with van der Waals surface area (Å²) in [4.78, 5) is 41.4. The minimum absolute atomic E-state index is 0.299. The minimum atomic E-state index is -0.985. The average Bonchev–Trinajstić information content (AvgIpc) is 2.87. The molecule has 0 aromatic heterocycles. The van der Waals surface area contributed by atoms with Gasteiger partial charge in [-0.3, -0.25) is 9.59 Å². The SMILES string of the molecule is C#Cc1ccccc1C(C(=O)NCc1ccccc1)N(C(=O)CNC(=O)OC(C)(C)C)C(C)CCC(C)C. The maximum Gasteiger partial charge on any atom is 0.408 e. The molecule has 3 amide bonds. The first kappa shape index (κ1) is 30.4. The van der Waals surface area contributed by atoms with E-state index in [1.54, 1.807) is 49.9 Å². The van der Waals surface area contributed by atoms with Gasteiger partial charge in [-0.2, -0.15) is 0 Å². The van der Waals surface area contributed by atoms with Gasteiger partial charge in [0.1, 0.15) is 18.2 Å². The van der Waals surface area contributed by atoms with Crippen molar-refractivity contribution in [1.29, 1.82) is 0 Å². The summed E-state index contributed by atoms with van der Waals surface area (Å²) >= 11 is 0. The summed E-state index contributed by atoms with van der Waals surface area (Å²) in [6.45, 7) is 11.4. The molecule has 0 saturated heterocycles. The standard InChI is InChI=1S/C31H41N3O4/c1-8-25-16-12-13-17-26(25)28(29(36)32-20-24-14-10-9-11-15-24)34(23(4)19-18-22(2)3)27(35)21-33-30(37)38-31(5,6)7/h1,9-17,22-23,28H,18-21H2,2-7H3,(H,32,36)(H,33,37). The molecule has 2 aromatic rings. The highest BCUT2D eigenvalue weighted by molar-refractivity contribution is 5.91. The van der Waals surface area contributed by atoms with Crippen LogP contribution in [0.4, 0.5) is 4.79 Å². The van der Waals surface area contributed by atoms with Crippen LogP contribution in [0, 0.1) is 18.3 Å². The highest BCUT2D eigenvalue weighted by Crippen LogP contribution is 2.29. The molecule has 2 rings (SSSR count). The van der Waals surface area contributed by atoms with E-state index in [-0.39, 0.29) is 18.5 Å². The fraction of sp³-hybridized carbons (Fsp3) is 0.452. The molecule has 0 heterocycles. The van der Waals surface area contributed by atoms with Crippen LogP contribution in [0.15, 0.2) is 54.6 Å². The zero-order valence-corrected chi connectivity index (χ0v) is 23.4. The van der Waals surface area contributed by atoms with E-state index in [4.69, 9.17) is 11.2 Å². The number of terminal acetylenes is 1. The molecule has 7 nitrogen and oxygen atoms in total. The smallest absolute Gasteiger partial charge is 0.408 e. The van der Waals surface area contributed by atoms with E-state index in [1.165, 1.54) is 0 Å². The number of hydrogen-bond donors (Lipinski definition) is 2. The van der Waals surface area contributed by atoms with Gasteiger partial charge in [0.15, 0.2) is 0 Å². The summed E-state index contributed by atoms with van der Waals surface area (Å²) in [7, 11) is 0. The largest absolute Gasteiger partial charge is 0.444 e. The maximum atomic E-state index is 13.8. The van der Waals surface area contributed by atoms with Crippen molar-refractivity contribution >= 4 is 17.9 Å². The van der Waals surface area contributed by atoms with Crippen molar-refractivity contribution in [3.8, 4) is 12.3 Å². The Hall–Kier alpha value is -3.79. The number of alkyl carbamates (subject to hydrolysis) is 1. The van der Waals surface area contributed by atoms with E-state index < -0.39 is 23.6 Å². The normalized spacial score (nSPS) is 12.7. The third kappa shape index (κ3) is 9.59. The highest BCUT2D eigenvalue weighted by Gasteiger charge is 2.36. The lowest BCUT2D eigenvalue weighted by Gasteiger charge is -2.37. The van der Waals surface area contributed by atoms with Crippen molar-refractivity contribution < 1.29 is 19.1 Å². The number of ether oxygens (including phenoxy) is 1. The monoisotopic (exact) mass is 519 g/mol. The Balaban J connectivity index is 2.44. The average molecular weight is 520 g/mol. The van der Waals surface area contributed by atoms with E-state index in [0.29, 0.717) is 30.0 Å². The molecule has 0 fully saturated rings. The molecule has 0 aliphatic carbocycles. The van der Waals surface area contributed by atoms with Gasteiger partial charge in [0, 0.05) is 18.2 Å². The highest BCUT2D eigenvalue weighted by atomic mass is 16.6. The summed E-state index contributed by atoms with van der Waals surface area (Å²) in [5.74, 6) is 2.32. The van der Waals surface area contributed by atoms with Crippen LogP contribution in [0.3, 0.4) is 0 Å². The van der Waals surface area contributed by atoms with Crippen LogP contribution >= 0.6 is 0 Å². The molecular weight excluding hydrogens is 478 g/mol. The lowest BCUT2D eigenvalue weighted by Crippen LogP contribution is -2.51. The Labute approximate surface area is 227 Å². The minimum Gasteiger partial charge on any atom is -0.444 e. The zero-order valence-electron chi connectivity index (χ0n) is 23.4. The van der Waals surface area contributed by atoms with Crippen molar-refractivity contribution in [2.75, 3.05) is 6.54 Å². The molecule has 204 valence electrons. The Bertz CT molecular complexity index is 1120. The van der Waals surface area contributed by atoms with E-state index >= 15 is 0 Å². The van der Waals surface area contributed by atoms with Crippen LogP contribution in [0.1, 0.15) is 77.1 Å². The quantitative estimate of drug-likeness (QED) is 0.399. The van der Waals surface area contributed by atoms with Crippen LogP contribution in [0.2, 0.25) is 0 Å². The first-order valence-corrected chi connectivity index (χ1v) is 13.1. The number of rotatable bonds is 11. The maximum absolute atomic E-state index is 13.8. The van der Waals surface area contributed by atoms with Gasteiger partial charge >= 0.3 is 6.09 Å². The third-order valence-electron chi connectivity index (χ3n) is 5.95. The molecule has 2 N–H and O–H groups in total. The number of carbonyl (C=O) groups excluding carboxylic acids is 3. The molecule has 0 bridgehead atoms.